The van der Waals surface area contributed by atoms with Crippen molar-refractivity contribution in [3.8, 4) is 0 Å². The van der Waals surface area contributed by atoms with E-state index in [9.17, 15) is 9.59 Å². The highest BCUT2D eigenvalue weighted by atomic mass is 32.1. The van der Waals surface area contributed by atoms with Crippen molar-refractivity contribution in [3.63, 3.8) is 0 Å². The van der Waals surface area contributed by atoms with Crippen LogP contribution in [-0.4, -0.2) is 27.8 Å². The van der Waals surface area contributed by atoms with Crippen molar-refractivity contribution in [3.05, 3.63) is 21.7 Å². The van der Waals surface area contributed by atoms with Crippen LogP contribution in [0.3, 0.4) is 0 Å². The third kappa shape index (κ3) is 5.83. The monoisotopic (exact) mass is 298 g/mol. The Kier molecular flexibility index (Phi) is 5.26. The second kappa shape index (κ2) is 6.51. The second-order valence-corrected chi connectivity index (χ2v) is 6.10. The Morgan fingerprint density at radius 2 is 2.15 bits per heavy atom. The fourth-order valence-electron chi connectivity index (χ4n) is 1.22. The molecule has 0 aliphatic heterocycles. The first-order chi connectivity index (χ1) is 9.17. The van der Waals surface area contributed by atoms with E-state index in [-0.39, 0.29) is 12.1 Å². The van der Waals surface area contributed by atoms with E-state index in [1.54, 1.807) is 26.2 Å². The van der Waals surface area contributed by atoms with Gasteiger partial charge in [0.15, 0.2) is 0 Å². The van der Waals surface area contributed by atoms with Crippen molar-refractivity contribution >= 4 is 29.5 Å². The molecule has 0 bridgehead atoms. The van der Waals surface area contributed by atoms with Crippen molar-refractivity contribution in [2.75, 3.05) is 0 Å². The van der Waals surface area contributed by atoms with Gasteiger partial charge in [0.25, 0.3) is 0 Å². The predicted octanol–water partition coefficient (Wildman–Crippen LogP) is 2.66. The zero-order valence-corrected chi connectivity index (χ0v) is 12.7. The Morgan fingerprint density at radius 1 is 1.50 bits per heavy atom. The topological polar surface area (TPSA) is 88.5 Å². The number of rotatable bonds is 4. The molecule has 0 spiro atoms. The summed E-state index contributed by atoms with van der Waals surface area (Å²) in [6, 6.07) is 0. The van der Waals surface area contributed by atoms with Gasteiger partial charge in [-0.15, -0.1) is 11.3 Å². The maximum Gasteiger partial charge on any atom is 0.408 e. The van der Waals surface area contributed by atoms with Crippen LogP contribution < -0.4 is 5.32 Å². The molecule has 110 valence electrons. The number of hydrogen-bond acceptors (Lipinski definition) is 5. The summed E-state index contributed by atoms with van der Waals surface area (Å²) in [7, 11) is 0. The fraction of sp³-hybridized carbons (Fsp3) is 0.462. The van der Waals surface area contributed by atoms with Gasteiger partial charge < -0.3 is 15.2 Å². The number of hydrogen-bond donors (Lipinski definition) is 2. The number of thiazole rings is 1. The van der Waals surface area contributed by atoms with Crippen LogP contribution in [-0.2, 0) is 16.1 Å². The van der Waals surface area contributed by atoms with Gasteiger partial charge in [-0.25, -0.2) is 14.6 Å². The van der Waals surface area contributed by atoms with Crippen LogP contribution in [0.2, 0.25) is 0 Å². The highest BCUT2D eigenvalue weighted by molar-refractivity contribution is 7.09. The number of carbonyl (C=O) groups is 2. The minimum atomic E-state index is -0.980. The molecule has 0 radical (unpaired) electrons. The molecule has 7 heteroatoms. The van der Waals surface area contributed by atoms with Crippen LogP contribution in [0.1, 0.15) is 38.4 Å². The van der Waals surface area contributed by atoms with E-state index in [1.165, 1.54) is 24.3 Å². The Balaban J connectivity index is 2.55. The molecule has 1 heterocycles. The molecule has 0 atom stereocenters. The molecule has 1 aromatic rings. The minimum Gasteiger partial charge on any atom is -0.478 e. The average molecular weight is 298 g/mol. The van der Waals surface area contributed by atoms with Crippen molar-refractivity contribution in [2.45, 2.75) is 39.8 Å². The van der Waals surface area contributed by atoms with Crippen LogP contribution in [0.4, 0.5) is 4.79 Å². The summed E-state index contributed by atoms with van der Waals surface area (Å²) in [6.45, 7) is 7.11. The molecule has 0 aromatic carbocycles. The summed E-state index contributed by atoms with van der Waals surface area (Å²) in [5.74, 6) is -0.980. The highest BCUT2D eigenvalue weighted by Crippen LogP contribution is 2.13. The van der Waals surface area contributed by atoms with Crippen molar-refractivity contribution in [1.29, 1.82) is 0 Å². The molecule has 2 N–H and O–H groups in total. The Bertz CT molecular complexity index is 529. The third-order valence-electron chi connectivity index (χ3n) is 2.05. The average Bonchev–Trinajstić information content (AvgIpc) is 2.71. The number of aromatic nitrogens is 1. The standard InChI is InChI=1S/C13H18N2O4S/c1-8(11(16)17)5-9-7-20-10(15-9)6-14-12(18)19-13(2,3)4/h5,7H,6H2,1-4H3,(H,14,18)(H,16,17)/b8-5+. The summed E-state index contributed by atoms with van der Waals surface area (Å²) in [5.41, 5.74) is 0.234. The van der Waals surface area contributed by atoms with E-state index in [2.05, 4.69) is 10.3 Å². The first-order valence-corrected chi connectivity index (χ1v) is 6.88. The van der Waals surface area contributed by atoms with Gasteiger partial charge in [0.05, 0.1) is 12.2 Å². The smallest absolute Gasteiger partial charge is 0.408 e. The first-order valence-electron chi connectivity index (χ1n) is 6.00. The predicted molar refractivity (Wildman–Crippen MR) is 76.5 cm³/mol. The molecule has 0 fully saturated rings. The van der Waals surface area contributed by atoms with Gasteiger partial charge >= 0.3 is 12.1 Å². The molecule has 0 saturated carbocycles. The van der Waals surface area contributed by atoms with Crippen LogP contribution >= 0.6 is 11.3 Å². The molecule has 20 heavy (non-hydrogen) atoms. The molecule has 1 amide bonds. The van der Waals surface area contributed by atoms with Crippen molar-refractivity contribution in [1.82, 2.24) is 10.3 Å². The molecule has 1 aromatic heterocycles. The number of nitrogens with one attached hydrogen (secondary N) is 1. The van der Waals surface area contributed by atoms with Crippen LogP contribution in [0.25, 0.3) is 6.08 Å². The maximum absolute atomic E-state index is 11.5. The summed E-state index contributed by atoms with van der Waals surface area (Å²) in [4.78, 5) is 26.4. The molecule has 0 aliphatic carbocycles. The molecular formula is C13H18N2O4S. The molecule has 0 unspecified atom stereocenters. The zero-order chi connectivity index (χ0) is 15.3. The quantitative estimate of drug-likeness (QED) is 0.834. The SMILES string of the molecule is C/C(=C\c1csc(CNC(=O)OC(C)(C)C)n1)C(=O)O. The lowest BCUT2D eigenvalue weighted by Crippen LogP contribution is -2.32. The lowest BCUT2D eigenvalue weighted by molar-refractivity contribution is -0.132. The first kappa shape index (κ1) is 16.2. The van der Waals surface area contributed by atoms with E-state index in [1.807, 2.05) is 0 Å². The Labute approximate surface area is 121 Å². The number of nitrogens with zero attached hydrogens (tertiary/aromatic N) is 1. The normalized spacial score (nSPS) is 12.1. The second-order valence-electron chi connectivity index (χ2n) is 5.15. The van der Waals surface area contributed by atoms with Crippen LogP contribution in [0, 0.1) is 0 Å². The molecule has 0 aliphatic rings. The number of aliphatic carboxylic acids is 1. The lowest BCUT2D eigenvalue weighted by Gasteiger charge is -2.19. The summed E-state index contributed by atoms with van der Waals surface area (Å²) >= 11 is 1.34. The van der Waals surface area contributed by atoms with Crippen molar-refractivity contribution < 1.29 is 19.4 Å². The van der Waals surface area contributed by atoms with E-state index in [0.717, 1.165) is 0 Å². The zero-order valence-electron chi connectivity index (χ0n) is 11.9. The number of carboxylic acids is 1. The van der Waals surface area contributed by atoms with Crippen LogP contribution in [0.15, 0.2) is 11.0 Å². The lowest BCUT2D eigenvalue weighted by atomic mass is 10.2. The minimum absolute atomic E-state index is 0.210. The summed E-state index contributed by atoms with van der Waals surface area (Å²) < 4.78 is 5.10. The van der Waals surface area contributed by atoms with Gasteiger partial charge in [0.2, 0.25) is 0 Å². The Hall–Kier alpha value is -1.89. The number of carbonyl (C=O) groups excluding carboxylic acids is 1. The number of ether oxygens (including phenoxy) is 1. The molecule has 6 nitrogen and oxygen atoms in total. The van der Waals surface area contributed by atoms with E-state index in [4.69, 9.17) is 9.84 Å². The number of alkyl carbamates (subject to hydrolysis) is 1. The van der Waals surface area contributed by atoms with Gasteiger partial charge in [0, 0.05) is 11.0 Å². The molecule has 0 saturated heterocycles. The molecule has 1 rings (SSSR count). The molecular weight excluding hydrogens is 280 g/mol. The van der Waals surface area contributed by atoms with Gasteiger partial charge in [0.1, 0.15) is 10.6 Å². The Morgan fingerprint density at radius 3 is 2.70 bits per heavy atom. The van der Waals surface area contributed by atoms with E-state index < -0.39 is 17.7 Å². The maximum atomic E-state index is 11.5. The van der Waals surface area contributed by atoms with Gasteiger partial charge in [-0.1, -0.05) is 0 Å². The summed E-state index contributed by atoms with van der Waals surface area (Å²) in [5, 5.41) is 13.8. The van der Waals surface area contributed by atoms with Crippen molar-refractivity contribution in [2.24, 2.45) is 0 Å². The number of carboxylic acid groups (broad SMARTS) is 1. The largest absolute Gasteiger partial charge is 0.478 e. The van der Waals surface area contributed by atoms with E-state index in [0.29, 0.717) is 10.7 Å². The van der Waals surface area contributed by atoms with E-state index >= 15 is 0 Å². The highest BCUT2D eigenvalue weighted by Gasteiger charge is 2.16. The van der Waals surface area contributed by atoms with Gasteiger partial charge in [-0.3, -0.25) is 0 Å². The third-order valence-corrected chi connectivity index (χ3v) is 2.92. The van der Waals surface area contributed by atoms with Gasteiger partial charge in [-0.2, -0.15) is 0 Å². The van der Waals surface area contributed by atoms with Crippen LogP contribution in [0.5, 0.6) is 0 Å². The summed E-state index contributed by atoms with van der Waals surface area (Å²) in [6.07, 6.45) is 0.974. The fourth-order valence-corrected chi connectivity index (χ4v) is 1.91. The van der Waals surface area contributed by atoms with Gasteiger partial charge in [-0.05, 0) is 33.8 Å². The number of amides is 1.